The van der Waals surface area contributed by atoms with Crippen LogP contribution in [0.4, 0.5) is 11.6 Å². The van der Waals surface area contributed by atoms with E-state index >= 15 is 0 Å². The van der Waals surface area contributed by atoms with Crippen LogP contribution in [0.3, 0.4) is 0 Å². The quantitative estimate of drug-likeness (QED) is 0.456. The van der Waals surface area contributed by atoms with Crippen LogP contribution in [0.1, 0.15) is 31.7 Å². The number of halogens is 1. The number of pyridine rings is 1. The molecule has 0 unspecified atom stereocenters. The summed E-state index contributed by atoms with van der Waals surface area (Å²) in [6.45, 7) is 5.37. The second kappa shape index (κ2) is 8.78. The van der Waals surface area contributed by atoms with Gasteiger partial charge in [0.2, 0.25) is 0 Å². The number of ether oxygens (including phenoxy) is 1. The fraction of sp³-hybridized carbons (Fsp3) is 0.391. The minimum Gasteiger partial charge on any atom is -0.495 e. The van der Waals surface area contributed by atoms with E-state index in [0.29, 0.717) is 17.3 Å². The van der Waals surface area contributed by atoms with Crippen LogP contribution < -0.4 is 15.0 Å². The normalized spacial score (nSPS) is 14.3. The van der Waals surface area contributed by atoms with E-state index in [1.807, 2.05) is 35.3 Å². The Morgan fingerprint density at radius 2 is 1.94 bits per heavy atom. The van der Waals surface area contributed by atoms with Crippen LogP contribution in [0.25, 0.3) is 21.8 Å². The Morgan fingerprint density at radius 1 is 1.09 bits per heavy atom. The summed E-state index contributed by atoms with van der Waals surface area (Å²) in [7, 11) is 1.61. The van der Waals surface area contributed by atoms with Gasteiger partial charge in [-0.1, -0.05) is 17.7 Å². The van der Waals surface area contributed by atoms with Crippen molar-refractivity contribution < 1.29 is 4.74 Å². The minimum atomic E-state index is 0.558. The molecule has 166 valence electrons. The van der Waals surface area contributed by atoms with E-state index in [9.17, 15) is 0 Å². The smallest absolute Gasteiger partial charge is 0.160 e. The van der Waals surface area contributed by atoms with Crippen LogP contribution in [-0.2, 0) is 13.1 Å². The number of benzene rings is 1. The molecule has 4 aromatic rings. The van der Waals surface area contributed by atoms with Gasteiger partial charge >= 0.3 is 0 Å². The predicted octanol–water partition coefficient (Wildman–Crippen LogP) is 4.66. The van der Waals surface area contributed by atoms with E-state index in [2.05, 4.69) is 32.4 Å². The summed E-state index contributed by atoms with van der Waals surface area (Å²) in [6, 6.07) is 5.76. The van der Waals surface area contributed by atoms with E-state index in [-0.39, 0.29) is 0 Å². The van der Waals surface area contributed by atoms with Gasteiger partial charge in [-0.05, 0) is 43.9 Å². The summed E-state index contributed by atoms with van der Waals surface area (Å²) in [4.78, 5) is 7.06. The van der Waals surface area contributed by atoms with Crippen LogP contribution >= 0.6 is 11.6 Å². The highest BCUT2D eigenvalue weighted by molar-refractivity contribution is 6.32. The molecule has 1 N–H and O–H groups in total. The Kier molecular flexibility index (Phi) is 5.70. The van der Waals surface area contributed by atoms with Crippen molar-refractivity contribution in [1.82, 2.24) is 25.0 Å². The van der Waals surface area contributed by atoms with Crippen molar-refractivity contribution in [2.24, 2.45) is 0 Å². The van der Waals surface area contributed by atoms with E-state index in [1.54, 1.807) is 7.11 Å². The van der Waals surface area contributed by atoms with E-state index in [1.165, 1.54) is 19.3 Å². The van der Waals surface area contributed by atoms with Gasteiger partial charge in [0, 0.05) is 43.1 Å². The third kappa shape index (κ3) is 3.68. The lowest BCUT2D eigenvalue weighted by Crippen LogP contribution is -2.30. The molecule has 1 aliphatic heterocycles. The van der Waals surface area contributed by atoms with Gasteiger partial charge in [0.05, 0.1) is 23.7 Å². The molecular formula is C23H26ClN7O. The molecular weight excluding hydrogens is 426 g/mol. The average Bonchev–Trinajstić information content (AvgIpc) is 3.26. The fourth-order valence-electron chi connectivity index (χ4n) is 4.35. The molecule has 0 atom stereocenters. The molecule has 3 aromatic heterocycles. The van der Waals surface area contributed by atoms with Crippen molar-refractivity contribution in [2.45, 2.75) is 39.3 Å². The first-order valence-corrected chi connectivity index (χ1v) is 11.4. The second-order valence-electron chi connectivity index (χ2n) is 7.99. The highest BCUT2D eigenvalue weighted by atomic mass is 35.5. The predicted molar refractivity (Wildman–Crippen MR) is 128 cm³/mol. The number of aryl methyl sites for hydroxylation is 1. The molecule has 1 saturated heterocycles. The topological polar surface area (TPSA) is 81.0 Å². The van der Waals surface area contributed by atoms with Gasteiger partial charge in [-0.25, -0.2) is 9.67 Å². The van der Waals surface area contributed by atoms with Crippen molar-refractivity contribution in [1.29, 1.82) is 0 Å². The fourth-order valence-corrected chi connectivity index (χ4v) is 4.63. The molecule has 0 amide bonds. The van der Waals surface area contributed by atoms with Crippen LogP contribution in [0.15, 0.2) is 30.6 Å². The molecule has 8 nitrogen and oxygen atoms in total. The summed E-state index contributed by atoms with van der Waals surface area (Å²) < 4.78 is 7.16. The first kappa shape index (κ1) is 20.8. The molecule has 32 heavy (non-hydrogen) atoms. The number of rotatable bonds is 6. The molecule has 0 aliphatic carbocycles. The molecule has 9 heteroatoms. The SMILES string of the molecule is CCn1ncc2c3c(NCc4ccc(OC)c(Cl)c4)nnc(N4CCCCC4)c3cnc21. The van der Waals surface area contributed by atoms with Gasteiger partial charge in [0.15, 0.2) is 17.3 Å². The van der Waals surface area contributed by atoms with Crippen LogP contribution in [-0.4, -0.2) is 45.2 Å². The molecule has 1 aromatic carbocycles. The summed E-state index contributed by atoms with van der Waals surface area (Å²) >= 11 is 6.30. The summed E-state index contributed by atoms with van der Waals surface area (Å²) in [5.41, 5.74) is 1.88. The average molecular weight is 452 g/mol. The number of methoxy groups -OCH3 is 1. The first-order chi connectivity index (χ1) is 15.7. The van der Waals surface area contributed by atoms with Gasteiger partial charge in [-0.3, -0.25) is 0 Å². The zero-order chi connectivity index (χ0) is 22.1. The van der Waals surface area contributed by atoms with Gasteiger partial charge < -0.3 is 15.0 Å². The van der Waals surface area contributed by atoms with Crippen LogP contribution in [0.2, 0.25) is 5.02 Å². The van der Waals surface area contributed by atoms with Crippen molar-refractivity contribution in [2.75, 3.05) is 30.4 Å². The van der Waals surface area contributed by atoms with E-state index in [0.717, 1.165) is 58.6 Å². The van der Waals surface area contributed by atoms with Crippen molar-refractivity contribution in [3.8, 4) is 5.75 Å². The second-order valence-corrected chi connectivity index (χ2v) is 8.39. The van der Waals surface area contributed by atoms with Crippen molar-refractivity contribution in [3.05, 3.63) is 41.2 Å². The molecule has 1 fully saturated rings. The Balaban J connectivity index is 1.58. The maximum Gasteiger partial charge on any atom is 0.160 e. The zero-order valence-corrected chi connectivity index (χ0v) is 19.1. The van der Waals surface area contributed by atoms with Crippen LogP contribution in [0.5, 0.6) is 5.75 Å². The monoisotopic (exact) mass is 451 g/mol. The number of aromatic nitrogens is 5. The molecule has 5 rings (SSSR count). The number of fused-ring (bicyclic) bond motifs is 3. The standard InChI is InChI=1S/C23H26ClN7O/c1-3-31-22-17(14-27-31)20-16(13-26-22)23(30-9-5-4-6-10-30)29-28-21(20)25-12-15-7-8-19(32-2)18(24)11-15/h7-8,11,13-14H,3-6,9-10,12H2,1-2H3,(H,25,28). The van der Waals surface area contributed by atoms with Crippen molar-refractivity contribution in [3.63, 3.8) is 0 Å². The Morgan fingerprint density at radius 3 is 2.69 bits per heavy atom. The van der Waals surface area contributed by atoms with Gasteiger partial charge in [0.25, 0.3) is 0 Å². The number of nitrogens with zero attached hydrogens (tertiary/aromatic N) is 6. The summed E-state index contributed by atoms with van der Waals surface area (Å²) in [5.74, 6) is 2.28. The largest absolute Gasteiger partial charge is 0.495 e. The highest BCUT2D eigenvalue weighted by Crippen LogP contribution is 2.35. The lowest BCUT2D eigenvalue weighted by Gasteiger charge is -2.28. The molecule has 0 spiro atoms. The third-order valence-corrected chi connectivity index (χ3v) is 6.32. The Hall–Kier alpha value is -3.13. The lowest BCUT2D eigenvalue weighted by molar-refractivity contribution is 0.415. The van der Waals surface area contributed by atoms with E-state index in [4.69, 9.17) is 21.3 Å². The van der Waals surface area contributed by atoms with Crippen molar-refractivity contribution >= 4 is 45.0 Å². The molecule has 0 radical (unpaired) electrons. The van der Waals surface area contributed by atoms with Gasteiger partial charge in [-0.15, -0.1) is 10.2 Å². The Labute approximate surface area is 191 Å². The third-order valence-electron chi connectivity index (χ3n) is 6.02. The summed E-state index contributed by atoms with van der Waals surface area (Å²) in [5, 5.41) is 20.8. The number of hydrogen-bond donors (Lipinski definition) is 1. The summed E-state index contributed by atoms with van der Waals surface area (Å²) in [6.07, 6.45) is 7.40. The number of anilines is 2. The molecule has 4 heterocycles. The Bertz CT molecular complexity index is 1270. The molecule has 0 saturated carbocycles. The highest BCUT2D eigenvalue weighted by Gasteiger charge is 2.21. The maximum atomic E-state index is 6.30. The first-order valence-electron chi connectivity index (χ1n) is 11.0. The van der Waals surface area contributed by atoms with Gasteiger partial charge in [-0.2, -0.15) is 5.10 Å². The number of piperidine rings is 1. The zero-order valence-electron chi connectivity index (χ0n) is 18.3. The maximum absolute atomic E-state index is 6.30. The van der Waals surface area contributed by atoms with Crippen LogP contribution in [0, 0.1) is 0 Å². The lowest BCUT2D eigenvalue weighted by atomic mass is 10.1. The van der Waals surface area contributed by atoms with Gasteiger partial charge in [0.1, 0.15) is 5.75 Å². The van der Waals surface area contributed by atoms with E-state index < -0.39 is 0 Å². The number of hydrogen-bond acceptors (Lipinski definition) is 7. The minimum absolute atomic E-state index is 0.558. The molecule has 0 bridgehead atoms. The number of nitrogens with one attached hydrogen (secondary N) is 1. The molecule has 1 aliphatic rings.